The Morgan fingerprint density at radius 1 is 0.938 bits per heavy atom. The Bertz CT molecular complexity index is 769. The molecule has 0 fully saturated rings. The average Bonchev–Trinajstić information content (AvgIpc) is 2.79. The molecule has 12 heteroatoms. The van der Waals surface area contributed by atoms with Crippen LogP contribution < -0.4 is 21.7 Å². The smallest absolute Gasteiger partial charge is 0.327 e. The SMILES string of the molecule is CSCCC(NC(=O)C(N)CS)C(=O)NC(Cc1ccccc1)C(=O)NC(CS)C(=O)O. The number of benzene rings is 1. The van der Waals surface area contributed by atoms with Crippen LogP contribution in [-0.4, -0.2) is 76.5 Å². The fourth-order valence-electron chi connectivity index (χ4n) is 2.66. The molecule has 3 amide bonds. The summed E-state index contributed by atoms with van der Waals surface area (Å²) in [6, 6.07) is 4.93. The lowest BCUT2D eigenvalue weighted by Crippen LogP contribution is -2.58. The van der Waals surface area contributed by atoms with E-state index < -0.39 is 47.9 Å². The summed E-state index contributed by atoms with van der Waals surface area (Å²) in [4.78, 5) is 49.3. The first kappa shape index (κ1) is 28.1. The lowest BCUT2D eigenvalue weighted by Gasteiger charge is -2.25. The minimum absolute atomic E-state index is 0.110. The van der Waals surface area contributed by atoms with Crippen molar-refractivity contribution in [1.82, 2.24) is 16.0 Å². The summed E-state index contributed by atoms with van der Waals surface area (Å²) in [7, 11) is 0. The number of carboxylic acid groups (broad SMARTS) is 1. The quantitative estimate of drug-likeness (QED) is 0.173. The second-order valence-corrected chi connectivity index (χ2v) is 8.68. The van der Waals surface area contributed by atoms with Gasteiger partial charge in [-0.1, -0.05) is 30.3 Å². The minimum atomic E-state index is -1.23. The number of hydrogen-bond acceptors (Lipinski definition) is 8. The highest BCUT2D eigenvalue weighted by Crippen LogP contribution is 2.07. The van der Waals surface area contributed by atoms with Gasteiger partial charge in [0.1, 0.15) is 18.1 Å². The van der Waals surface area contributed by atoms with E-state index in [2.05, 4.69) is 41.2 Å². The molecule has 0 radical (unpaired) electrons. The number of carboxylic acids is 1. The van der Waals surface area contributed by atoms with Gasteiger partial charge in [-0.3, -0.25) is 14.4 Å². The number of carbonyl (C=O) groups excluding carboxylic acids is 3. The van der Waals surface area contributed by atoms with Crippen LogP contribution in [0.15, 0.2) is 30.3 Å². The molecule has 0 aliphatic carbocycles. The summed E-state index contributed by atoms with van der Waals surface area (Å²) in [5.41, 5.74) is 6.46. The molecule has 1 aromatic carbocycles. The third-order valence-corrected chi connectivity index (χ3v) is 5.89. The maximum absolute atomic E-state index is 13.0. The number of nitrogens with two attached hydrogens (primary N) is 1. The van der Waals surface area contributed by atoms with Crippen LogP contribution in [0, 0.1) is 0 Å². The summed E-state index contributed by atoms with van der Waals surface area (Å²) in [6.45, 7) is 0. The lowest BCUT2D eigenvalue weighted by molar-refractivity contribution is -0.141. The van der Waals surface area contributed by atoms with Gasteiger partial charge in [0.2, 0.25) is 17.7 Å². The molecule has 0 aliphatic heterocycles. The third-order valence-electron chi connectivity index (χ3n) is 4.49. The van der Waals surface area contributed by atoms with E-state index in [1.807, 2.05) is 12.3 Å². The summed E-state index contributed by atoms with van der Waals surface area (Å²) < 4.78 is 0. The van der Waals surface area contributed by atoms with Gasteiger partial charge in [-0.2, -0.15) is 37.0 Å². The third kappa shape index (κ3) is 9.72. The van der Waals surface area contributed by atoms with E-state index in [1.165, 1.54) is 11.8 Å². The van der Waals surface area contributed by atoms with E-state index in [0.29, 0.717) is 12.2 Å². The maximum atomic E-state index is 13.0. The zero-order valence-electron chi connectivity index (χ0n) is 17.7. The number of thioether (sulfide) groups is 1. The number of carbonyl (C=O) groups is 4. The molecule has 6 N–H and O–H groups in total. The van der Waals surface area contributed by atoms with E-state index in [4.69, 9.17) is 5.73 Å². The lowest BCUT2D eigenvalue weighted by atomic mass is 10.0. The van der Waals surface area contributed by atoms with Gasteiger partial charge in [0.05, 0.1) is 6.04 Å². The zero-order chi connectivity index (χ0) is 24.1. The summed E-state index contributed by atoms with van der Waals surface area (Å²) >= 11 is 9.45. The number of rotatable bonds is 14. The van der Waals surface area contributed by atoms with Gasteiger partial charge < -0.3 is 26.8 Å². The van der Waals surface area contributed by atoms with Crippen LogP contribution in [0.25, 0.3) is 0 Å². The summed E-state index contributed by atoms with van der Waals surface area (Å²) in [5.74, 6) is -2.39. The molecule has 4 atom stereocenters. The van der Waals surface area contributed by atoms with Crippen LogP contribution in [0.2, 0.25) is 0 Å². The van der Waals surface area contributed by atoms with E-state index in [1.54, 1.807) is 24.3 Å². The van der Waals surface area contributed by atoms with Crippen molar-refractivity contribution in [3.8, 4) is 0 Å². The van der Waals surface area contributed by atoms with Gasteiger partial charge in [-0.05, 0) is 24.0 Å². The standard InChI is InChI=1S/C20H30N4O5S3/c1-32-8-7-14(22-17(25)13(21)10-30)18(26)23-15(9-12-5-3-2-4-6-12)19(27)24-16(11-31)20(28)29/h2-6,13-16,30-31H,7-11,21H2,1H3,(H,22,25)(H,23,26)(H,24,27)(H,28,29). The monoisotopic (exact) mass is 502 g/mol. The predicted molar refractivity (Wildman–Crippen MR) is 132 cm³/mol. The van der Waals surface area contributed by atoms with Gasteiger partial charge in [-0.15, -0.1) is 0 Å². The van der Waals surface area contributed by atoms with Crippen molar-refractivity contribution in [2.75, 3.05) is 23.5 Å². The van der Waals surface area contributed by atoms with E-state index in [9.17, 15) is 24.3 Å². The average molecular weight is 503 g/mol. The van der Waals surface area contributed by atoms with Crippen molar-refractivity contribution in [3.05, 3.63) is 35.9 Å². The summed E-state index contributed by atoms with van der Waals surface area (Å²) in [5, 5.41) is 16.9. The van der Waals surface area contributed by atoms with Gasteiger partial charge in [0, 0.05) is 17.9 Å². The second-order valence-electron chi connectivity index (χ2n) is 6.96. The number of amides is 3. The van der Waals surface area contributed by atoms with Gasteiger partial charge in [-0.25, -0.2) is 4.79 Å². The maximum Gasteiger partial charge on any atom is 0.327 e. The molecule has 4 unspecified atom stereocenters. The molecule has 1 aromatic rings. The van der Waals surface area contributed by atoms with Crippen LogP contribution in [0.1, 0.15) is 12.0 Å². The number of hydrogen-bond donors (Lipinski definition) is 7. The molecule has 1 rings (SSSR count). The fourth-order valence-corrected chi connectivity index (χ4v) is 3.54. The Hall–Kier alpha value is -1.89. The Morgan fingerprint density at radius 3 is 2.03 bits per heavy atom. The van der Waals surface area contributed by atoms with Crippen LogP contribution in [0.5, 0.6) is 0 Å². The van der Waals surface area contributed by atoms with Crippen molar-refractivity contribution < 1.29 is 24.3 Å². The zero-order valence-corrected chi connectivity index (χ0v) is 20.3. The van der Waals surface area contributed by atoms with Gasteiger partial charge >= 0.3 is 5.97 Å². The molecule has 9 nitrogen and oxygen atoms in total. The number of nitrogens with one attached hydrogen (secondary N) is 3. The first-order valence-corrected chi connectivity index (χ1v) is 12.5. The van der Waals surface area contributed by atoms with Gasteiger partial charge in [0.15, 0.2) is 0 Å². The highest BCUT2D eigenvalue weighted by atomic mass is 32.2. The first-order valence-electron chi connectivity index (χ1n) is 9.87. The molecule has 0 bridgehead atoms. The number of thiol groups is 2. The van der Waals surface area contributed by atoms with Gasteiger partial charge in [0.25, 0.3) is 0 Å². The molecule has 178 valence electrons. The molecule has 0 saturated heterocycles. The van der Waals surface area contributed by atoms with Crippen LogP contribution in [0.4, 0.5) is 0 Å². The van der Waals surface area contributed by atoms with Crippen LogP contribution in [0.3, 0.4) is 0 Å². The predicted octanol–water partition coefficient (Wildman–Crippen LogP) is -0.292. The number of aliphatic carboxylic acids is 1. The fraction of sp³-hybridized carbons (Fsp3) is 0.500. The largest absolute Gasteiger partial charge is 0.480 e. The Morgan fingerprint density at radius 2 is 1.50 bits per heavy atom. The van der Waals surface area contributed by atoms with E-state index in [-0.39, 0.29) is 17.9 Å². The molecule has 0 spiro atoms. The first-order chi connectivity index (χ1) is 15.2. The molecule has 0 aromatic heterocycles. The van der Waals surface area contributed by atoms with Crippen LogP contribution >= 0.6 is 37.0 Å². The van der Waals surface area contributed by atoms with Crippen LogP contribution in [-0.2, 0) is 25.6 Å². The highest BCUT2D eigenvalue weighted by Gasteiger charge is 2.29. The van der Waals surface area contributed by atoms with E-state index in [0.717, 1.165) is 5.56 Å². The Kier molecular flexibility index (Phi) is 13.2. The summed E-state index contributed by atoms with van der Waals surface area (Å²) in [6.07, 6.45) is 2.33. The van der Waals surface area contributed by atoms with E-state index >= 15 is 0 Å². The van der Waals surface area contributed by atoms with Crippen molar-refractivity contribution >= 4 is 60.7 Å². The highest BCUT2D eigenvalue weighted by molar-refractivity contribution is 7.98. The molecule has 0 aliphatic rings. The Labute approximate surface area is 202 Å². The Balaban J connectivity index is 3.04. The molecular formula is C20H30N4O5S3. The van der Waals surface area contributed by atoms with Crippen molar-refractivity contribution in [1.29, 1.82) is 0 Å². The molecule has 0 saturated carbocycles. The molecule has 0 heterocycles. The van der Waals surface area contributed by atoms with Crippen molar-refractivity contribution in [2.24, 2.45) is 5.73 Å². The second kappa shape index (κ2) is 15.0. The van der Waals surface area contributed by atoms with Crippen molar-refractivity contribution in [2.45, 2.75) is 37.0 Å². The van der Waals surface area contributed by atoms with Crippen molar-refractivity contribution in [3.63, 3.8) is 0 Å². The minimum Gasteiger partial charge on any atom is -0.480 e. The molecule has 32 heavy (non-hydrogen) atoms. The molecular weight excluding hydrogens is 472 g/mol. The topological polar surface area (TPSA) is 151 Å². The normalized spacial score (nSPS) is 14.5.